The maximum atomic E-state index is 9.35. The number of anilines is 1. The topological polar surface area (TPSA) is 27.0 Å². The van der Waals surface area contributed by atoms with E-state index >= 15 is 0 Å². The molecule has 0 atom stereocenters. The highest BCUT2D eigenvalue weighted by atomic mass is 79.9. The zero-order chi connectivity index (χ0) is 13.8. The molecule has 5 heteroatoms. The predicted molar refractivity (Wildman–Crippen MR) is 87.1 cm³/mol. The fraction of sp³-hybridized carbons (Fsp3) is 0.214. The Morgan fingerprint density at radius 1 is 1.47 bits per heavy atom. The van der Waals surface area contributed by atoms with E-state index < -0.39 is 0 Å². The molecule has 1 aromatic carbocycles. The number of hydrogen-bond acceptors (Lipinski definition) is 4. The van der Waals surface area contributed by atoms with Crippen molar-refractivity contribution >= 4 is 44.7 Å². The van der Waals surface area contributed by atoms with Crippen LogP contribution < -0.4 is 4.90 Å². The number of thioether (sulfide) groups is 1. The quantitative estimate of drug-likeness (QED) is 0.743. The summed E-state index contributed by atoms with van der Waals surface area (Å²) in [4.78, 5) is 4.42. The van der Waals surface area contributed by atoms with Gasteiger partial charge in [0, 0.05) is 26.7 Å². The largest absolute Gasteiger partial charge is 0.368 e. The zero-order valence-corrected chi connectivity index (χ0v) is 13.9. The van der Waals surface area contributed by atoms with Crippen LogP contribution in [0.4, 0.5) is 5.69 Å². The van der Waals surface area contributed by atoms with Crippen molar-refractivity contribution in [2.45, 2.75) is 11.4 Å². The zero-order valence-electron chi connectivity index (χ0n) is 10.7. The third-order valence-corrected chi connectivity index (χ3v) is 5.22. The van der Waals surface area contributed by atoms with Gasteiger partial charge < -0.3 is 4.90 Å². The molecule has 0 aliphatic rings. The first kappa shape index (κ1) is 14.4. The molecule has 0 aliphatic carbocycles. The minimum absolute atomic E-state index is 0.758. The molecule has 0 fully saturated rings. The maximum absolute atomic E-state index is 9.35. The van der Waals surface area contributed by atoms with Crippen molar-refractivity contribution in [3.63, 3.8) is 0 Å². The Morgan fingerprint density at radius 2 is 2.26 bits per heavy atom. The molecule has 0 spiro atoms. The predicted octanol–water partition coefficient (Wildman–Crippen LogP) is 4.74. The van der Waals surface area contributed by atoms with Crippen molar-refractivity contribution in [2.24, 2.45) is 0 Å². The number of hydrogen-bond donors (Lipinski definition) is 0. The highest BCUT2D eigenvalue weighted by molar-refractivity contribution is 9.10. The maximum Gasteiger partial charge on any atom is 0.103 e. The summed E-state index contributed by atoms with van der Waals surface area (Å²) >= 11 is 6.79. The van der Waals surface area contributed by atoms with Crippen LogP contribution >= 0.6 is 39.0 Å². The van der Waals surface area contributed by atoms with E-state index in [2.05, 4.69) is 38.3 Å². The summed E-state index contributed by atoms with van der Waals surface area (Å²) in [7, 11) is 2.02. The Morgan fingerprint density at radius 3 is 2.84 bits per heavy atom. The van der Waals surface area contributed by atoms with Gasteiger partial charge in [-0.25, -0.2) is 0 Å². The van der Waals surface area contributed by atoms with Gasteiger partial charge in [0.05, 0.1) is 17.8 Å². The summed E-state index contributed by atoms with van der Waals surface area (Å²) in [5.41, 5.74) is 1.74. The normalized spacial score (nSPS) is 10.2. The molecule has 0 unspecified atom stereocenters. The smallest absolute Gasteiger partial charge is 0.103 e. The summed E-state index contributed by atoms with van der Waals surface area (Å²) in [5, 5.41) is 11.4. The Labute approximate surface area is 130 Å². The van der Waals surface area contributed by atoms with E-state index in [-0.39, 0.29) is 0 Å². The molecule has 0 N–H and O–H groups in total. The average molecular weight is 353 g/mol. The molecule has 1 heterocycles. The minimum Gasteiger partial charge on any atom is -0.368 e. The van der Waals surface area contributed by atoms with Gasteiger partial charge in [0.15, 0.2) is 0 Å². The van der Waals surface area contributed by atoms with Crippen LogP contribution in [0.3, 0.4) is 0 Å². The van der Waals surface area contributed by atoms with E-state index in [1.54, 1.807) is 23.1 Å². The summed E-state index contributed by atoms with van der Waals surface area (Å²) in [6, 6.07) is 10.4. The van der Waals surface area contributed by atoms with Crippen molar-refractivity contribution in [1.82, 2.24) is 0 Å². The van der Waals surface area contributed by atoms with Gasteiger partial charge in [-0.05, 0) is 40.4 Å². The van der Waals surface area contributed by atoms with Gasteiger partial charge in [-0.2, -0.15) is 5.26 Å². The minimum atomic E-state index is 0.758. The molecule has 0 amide bonds. The number of thiophene rings is 1. The highest BCUT2D eigenvalue weighted by Gasteiger charge is 2.12. The van der Waals surface area contributed by atoms with Gasteiger partial charge in [-0.15, -0.1) is 23.1 Å². The number of rotatable bonds is 4. The van der Waals surface area contributed by atoms with E-state index in [4.69, 9.17) is 0 Å². The van der Waals surface area contributed by atoms with Crippen molar-refractivity contribution in [1.29, 1.82) is 5.26 Å². The second kappa shape index (κ2) is 6.47. The monoisotopic (exact) mass is 352 g/mol. The lowest BCUT2D eigenvalue weighted by Gasteiger charge is -2.20. The van der Waals surface area contributed by atoms with Gasteiger partial charge in [0.2, 0.25) is 0 Å². The summed E-state index contributed by atoms with van der Waals surface area (Å²) < 4.78 is 1.11. The van der Waals surface area contributed by atoms with Crippen LogP contribution in [0.1, 0.15) is 10.4 Å². The van der Waals surface area contributed by atoms with E-state index in [1.807, 2.05) is 31.5 Å². The van der Waals surface area contributed by atoms with Crippen LogP contribution in [0.25, 0.3) is 0 Å². The second-order valence-electron chi connectivity index (χ2n) is 4.05. The molecule has 0 aliphatic heterocycles. The first-order chi connectivity index (χ1) is 9.15. The SMILES string of the molecule is CSc1cccc(N(C)Cc2cc(Br)cs2)c1C#N. The lowest BCUT2D eigenvalue weighted by Crippen LogP contribution is -2.17. The molecule has 0 saturated heterocycles. The van der Waals surface area contributed by atoms with Crippen LogP contribution in [0.15, 0.2) is 39.0 Å². The second-order valence-corrected chi connectivity index (χ2v) is 6.81. The average Bonchev–Trinajstić information content (AvgIpc) is 2.82. The summed E-state index contributed by atoms with van der Waals surface area (Å²) in [5.74, 6) is 0. The molecule has 19 heavy (non-hydrogen) atoms. The lowest BCUT2D eigenvalue weighted by molar-refractivity contribution is 0.934. The molecule has 2 aromatic rings. The fourth-order valence-electron chi connectivity index (χ4n) is 1.88. The number of nitrogens with zero attached hydrogens (tertiary/aromatic N) is 2. The Hall–Kier alpha value is -0.960. The van der Waals surface area contributed by atoms with Gasteiger partial charge in [0.25, 0.3) is 0 Å². The molecule has 2 rings (SSSR count). The molecule has 2 nitrogen and oxygen atoms in total. The third-order valence-electron chi connectivity index (χ3n) is 2.76. The van der Waals surface area contributed by atoms with Crippen molar-refractivity contribution in [3.8, 4) is 6.07 Å². The number of nitriles is 1. The molecular formula is C14H13BrN2S2. The number of halogens is 1. The lowest BCUT2D eigenvalue weighted by atomic mass is 10.2. The van der Waals surface area contributed by atoms with Crippen molar-refractivity contribution < 1.29 is 0 Å². The third kappa shape index (κ3) is 3.33. The molecule has 98 valence electrons. The van der Waals surface area contributed by atoms with Crippen LogP contribution in [-0.2, 0) is 6.54 Å². The summed E-state index contributed by atoms with van der Waals surface area (Å²) in [6.07, 6.45) is 2.00. The summed E-state index contributed by atoms with van der Waals surface area (Å²) in [6.45, 7) is 0.808. The standard InChI is InChI=1S/C14H13BrN2S2/c1-17(8-11-6-10(15)9-19-11)13-4-3-5-14(18-2)12(13)7-16/h3-6,9H,8H2,1-2H3. The number of benzene rings is 1. The van der Waals surface area contributed by atoms with Gasteiger partial charge in [-0.3, -0.25) is 0 Å². The Balaban J connectivity index is 2.29. The first-order valence-electron chi connectivity index (χ1n) is 5.67. The van der Waals surface area contributed by atoms with E-state index in [9.17, 15) is 5.26 Å². The van der Waals surface area contributed by atoms with Crippen molar-refractivity contribution in [2.75, 3.05) is 18.2 Å². The van der Waals surface area contributed by atoms with Gasteiger partial charge in [0.1, 0.15) is 6.07 Å². The van der Waals surface area contributed by atoms with Crippen molar-refractivity contribution in [3.05, 3.63) is 44.6 Å². The van der Waals surface area contributed by atoms with Crippen LogP contribution in [-0.4, -0.2) is 13.3 Å². The molecule has 0 radical (unpaired) electrons. The van der Waals surface area contributed by atoms with Crippen LogP contribution in [0.5, 0.6) is 0 Å². The fourth-order valence-corrected chi connectivity index (χ4v) is 3.95. The molecular weight excluding hydrogens is 340 g/mol. The van der Waals surface area contributed by atoms with Gasteiger partial charge in [-0.1, -0.05) is 6.07 Å². The Kier molecular flexibility index (Phi) is 4.92. The molecule has 0 saturated carbocycles. The molecule has 1 aromatic heterocycles. The Bertz CT molecular complexity index is 616. The van der Waals surface area contributed by atoms with E-state index in [0.29, 0.717) is 0 Å². The van der Waals surface area contributed by atoms with E-state index in [1.165, 1.54) is 4.88 Å². The van der Waals surface area contributed by atoms with Crippen LogP contribution in [0, 0.1) is 11.3 Å². The first-order valence-corrected chi connectivity index (χ1v) is 8.56. The highest BCUT2D eigenvalue weighted by Crippen LogP contribution is 2.30. The van der Waals surface area contributed by atoms with Gasteiger partial charge >= 0.3 is 0 Å². The molecule has 0 bridgehead atoms. The van der Waals surface area contributed by atoms with Crippen LogP contribution in [0.2, 0.25) is 0 Å². The van der Waals surface area contributed by atoms with E-state index in [0.717, 1.165) is 27.2 Å².